The molecule has 3 aromatic carbocycles. The van der Waals surface area contributed by atoms with E-state index in [9.17, 15) is 14.7 Å². The smallest absolute Gasteiger partial charge is 0.321 e. The van der Waals surface area contributed by atoms with Gasteiger partial charge in [-0.25, -0.2) is 0 Å². The molecule has 4 aromatic rings. The minimum absolute atomic E-state index is 0.0739. The number of Topliss-reactive ketones (excluding diaryl/α,β-unsaturated/α-hetero) is 1. The van der Waals surface area contributed by atoms with Gasteiger partial charge >= 0.3 is 5.97 Å². The fourth-order valence-electron chi connectivity index (χ4n) is 4.08. The van der Waals surface area contributed by atoms with E-state index in [-0.39, 0.29) is 18.7 Å². The van der Waals surface area contributed by atoms with Gasteiger partial charge < -0.3 is 20.1 Å². The van der Waals surface area contributed by atoms with Gasteiger partial charge in [0, 0.05) is 46.3 Å². The van der Waals surface area contributed by atoms with Crippen LogP contribution in [0.15, 0.2) is 83.5 Å². The van der Waals surface area contributed by atoms with Gasteiger partial charge in [0.15, 0.2) is 5.78 Å². The molecule has 8 heteroatoms. The van der Waals surface area contributed by atoms with E-state index < -0.39 is 17.9 Å². The molecule has 0 amide bonds. The molecule has 1 heterocycles. The number of benzene rings is 3. The van der Waals surface area contributed by atoms with Gasteiger partial charge in [-0.3, -0.25) is 9.59 Å². The largest absolute Gasteiger partial charge is 0.487 e. The number of aromatic amines is 1. The second kappa shape index (κ2) is 12.3. The van der Waals surface area contributed by atoms with Crippen LogP contribution in [-0.4, -0.2) is 40.2 Å². The lowest BCUT2D eigenvalue weighted by atomic mass is 9.98. The van der Waals surface area contributed by atoms with Crippen LogP contribution in [0.4, 0.5) is 0 Å². The van der Waals surface area contributed by atoms with E-state index in [1.807, 2.05) is 60.8 Å². The summed E-state index contributed by atoms with van der Waals surface area (Å²) in [6.07, 6.45) is 2.07. The maximum atomic E-state index is 12.9. The molecule has 0 bridgehead atoms. The summed E-state index contributed by atoms with van der Waals surface area (Å²) in [5, 5.41) is 13.9. The van der Waals surface area contributed by atoms with Gasteiger partial charge in [-0.1, -0.05) is 70.5 Å². The molecule has 6 nitrogen and oxygen atoms in total. The summed E-state index contributed by atoms with van der Waals surface area (Å²) in [6.45, 7) is 0.643. The number of hydrogen-bond donors (Lipinski definition) is 4. The molecular formula is C28H27BrN2O4S. The predicted octanol–water partition coefficient (Wildman–Crippen LogP) is 5.52. The van der Waals surface area contributed by atoms with Crippen LogP contribution in [0, 0.1) is 5.92 Å². The number of thiol groups is 1. The van der Waals surface area contributed by atoms with Crippen LogP contribution in [0.2, 0.25) is 0 Å². The van der Waals surface area contributed by atoms with Crippen molar-refractivity contribution in [2.45, 2.75) is 19.1 Å². The fourth-order valence-corrected chi connectivity index (χ4v) is 4.77. The van der Waals surface area contributed by atoms with E-state index in [1.165, 1.54) is 0 Å². The second-order valence-electron chi connectivity index (χ2n) is 8.52. The number of carbonyl (C=O) groups excluding carboxylic acids is 1. The number of carboxylic acids is 1. The molecule has 2 atom stereocenters. The third-order valence-electron chi connectivity index (χ3n) is 6.03. The Hall–Kier alpha value is -3.07. The molecule has 0 aliphatic heterocycles. The summed E-state index contributed by atoms with van der Waals surface area (Å²) in [5.74, 6) is -0.494. The van der Waals surface area contributed by atoms with Crippen LogP contribution in [0.1, 0.15) is 21.5 Å². The Bertz CT molecular complexity index is 1340. The molecule has 0 fully saturated rings. The first kappa shape index (κ1) is 26.0. The molecule has 36 heavy (non-hydrogen) atoms. The number of nitrogens with one attached hydrogen (secondary N) is 2. The molecule has 0 saturated heterocycles. The molecule has 0 spiro atoms. The number of fused-ring (bicyclic) bond motifs is 1. The normalized spacial score (nSPS) is 12.8. The van der Waals surface area contributed by atoms with Crippen molar-refractivity contribution in [2.75, 3.05) is 12.3 Å². The first-order valence-electron chi connectivity index (χ1n) is 11.6. The fraction of sp³-hybridized carbons (Fsp3) is 0.214. The Morgan fingerprint density at radius 3 is 2.56 bits per heavy atom. The average molecular weight is 568 g/mol. The maximum Gasteiger partial charge on any atom is 0.321 e. The van der Waals surface area contributed by atoms with Crippen LogP contribution in [0.3, 0.4) is 0 Å². The number of aromatic nitrogens is 1. The van der Waals surface area contributed by atoms with E-state index >= 15 is 0 Å². The molecular weight excluding hydrogens is 540 g/mol. The Balaban J connectivity index is 1.45. The molecule has 0 saturated carbocycles. The summed E-state index contributed by atoms with van der Waals surface area (Å²) in [5.41, 5.74) is 3.31. The van der Waals surface area contributed by atoms with Gasteiger partial charge in [0.2, 0.25) is 0 Å². The molecule has 1 unspecified atom stereocenters. The zero-order valence-electron chi connectivity index (χ0n) is 19.5. The SMILES string of the molecule is O=C(c1cccc(Br)c1)C(CS)CN[C@@H](Cc1c[nH]c2c(OCc3ccccc3)cccc12)C(=O)O. The van der Waals surface area contributed by atoms with Crippen molar-refractivity contribution in [3.63, 3.8) is 0 Å². The number of carbonyl (C=O) groups is 2. The first-order chi connectivity index (χ1) is 17.5. The molecule has 0 aliphatic rings. The predicted molar refractivity (Wildman–Crippen MR) is 148 cm³/mol. The van der Waals surface area contributed by atoms with E-state index in [0.29, 0.717) is 23.7 Å². The lowest BCUT2D eigenvalue weighted by Crippen LogP contribution is -2.43. The third-order valence-corrected chi connectivity index (χ3v) is 6.97. The Labute approximate surface area is 223 Å². The van der Waals surface area contributed by atoms with E-state index in [2.05, 4.69) is 38.9 Å². The number of ether oxygens (including phenoxy) is 1. The molecule has 0 aliphatic carbocycles. The lowest BCUT2D eigenvalue weighted by Gasteiger charge is -2.19. The van der Waals surface area contributed by atoms with Crippen molar-refractivity contribution in [1.82, 2.24) is 10.3 Å². The summed E-state index contributed by atoms with van der Waals surface area (Å²) in [6, 6.07) is 21.9. The number of carboxylic acid groups (broad SMARTS) is 1. The summed E-state index contributed by atoms with van der Waals surface area (Å²) in [4.78, 5) is 28.2. The Morgan fingerprint density at radius 1 is 1.06 bits per heavy atom. The average Bonchev–Trinajstić information content (AvgIpc) is 3.30. The number of hydrogen-bond acceptors (Lipinski definition) is 5. The van der Waals surface area contributed by atoms with Gasteiger partial charge in [0.1, 0.15) is 18.4 Å². The number of aliphatic carboxylic acids is 1. The van der Waals surface area contributed by atoms with Crippen LogP contribution in [-0.2, 0) is 17.8 Å². The minimum Gasteiger partial charge on any atom is -0.487 e. The van der Waals surface area contributed by atoms with Gasteiger partial charge in [-0.05, 0) is 29.3 Å². The number of ketones is 1. The van der Waals surface area contributed by atoms with E-state index in [1.54, 1.807) is 18.2 Å². The van der Waals surface area contributed by atoms with E-state index in [4.69, 9.17) is 4.74 Å². The van der Waals surface area contributed by atoms with Gasteiger partial charge in [0.05, 0.1) is 5.52 Å². The monoisotopic (exact) mass is 566 g/mol. The molecule has 4 rings (SSSR count). The Kier molecular flexibility index (Phi) is 8.85. The lowest BCUT2D eigenvalue weighted by molar-refractivity contribution is -0.139. The van der Waals surface area contributed by atoms with Gasteiger partial charge in [-0.15, -0.1) is 0 Å². The molecule has 3 N–H and O–H groups in total. The van der Waals surface area contributed by atoms with Crippen molar-refractivity contribution < 1.29 is 19.4 Å². The number of H-pyrrole nitrogens is 1. The molecule has 186 valence electrons. The third kappa shape index (κ3) is 6.37. The number of rotatable bonds is 12. The second-order valence-corrected chi connectivity index (χ2v) is 9.81. The van der Waals surface area contributed by atoms with Gasteiger partial charge in [0.25, 0.3) is 0 Å². The maximum absolute atomic E-state index is 12.9. The molecule has 0 radical (unpaired) electrons. The van der Waals surface area contributed by atoms with Gasteiger partial charge in [-0.2, -0.15) is 12.6 Å². The van der Waals surface area contributed by atoms with Crippen molar-refractivity contribution in [3.05, 3.63) is 100 Å². The summed E-state index contributed by atoms with van der Waals surface area (Å²) in [7, 11) is 0. The van der Waals surface area contributed by atoms with Crippen molar-refractivity contribution in [3.8, 4) is 5.75 Å². The topological polar surface area (TPSA) is 91.4 Å². The van der Waals surface area contributed by atoms with Crippen LogP contribution >= 0.6 is 28.6 Å². The number of halogens is 1. The number of para-hydroxylation sites is 1. The standard InChI is InChI=1S/C28H27BrN2O4S/c29-22-9-4-8-19(12-22)27(32)21(17-36)15-30-24(28(33)34)13-20-14-31-26-23(20)10-5-11-25(26)35-16-18-6-2-1-3-7-18/h1-12,14,21,24,30-31,36H,13,15-17H2,(H,33,34)/t21?,24-/m0/s1. The quantitative estimate of drug-likeness (QED) is 0.134. The highest BCUT2D eigenvalue weighted by Crippen LogP contribution is 2.29. The van der Waals surface area contributed by atoms with Crippen LogP contribution < -0.4 is 10.1 Å². The van der Waals surface area contributed by atoms with Crippen molar-refractivity contribution >= 4 is 51.2 Å². The van der Waals surface area contributed by atoms with E-state index in [0.717, 1.165) is 26.5 Å². The first-order valence-corrected chi connectivity index (χ1v) is 13.0. The Morgan fingerprint density at radius 2 is 1.83 bits per heavy atom. The highest BCUT2D eigenvalue weighted by Gasteiger charge is 2.24. The minimum atomic E-state index is -0.978. The zero-order chi connectivity index (χ0) is 25.5. The van der Waals surface area contributed by atoms with Crippen molar-refractivity contribution in [1.29, 1.82) is 0 Å². The summed E-state index contributed by atoms with van der Waals surface area (Å²) >= 11 is 7.73. The van der Waals surface area contributed by atoms with Crippen molar-refractivity contribution in [2.24, 2.45) is 5.92 Å². The highest BCUT2D eigenvalue weighted by atomic mass is 79.9. The highest BCUT2D eigenvalue weighted by molar-refractivity contribution is 9.10. The molecule has 1 aromatic heterocycles. The summed E-state index contributed by atoms with van der Waals surface area (Å²) < 4.78 is 6.84. The van der Waals surface area contributed by atoms with Crippen LogP contribution in [0.5, 0.6) is 5.75 Å². The van der Waals surface area contributed by atoms with Crippen LogP contribution in [0.25, 0.3) is 10.9 Å². The zero-order valence-corrected chi connectivity index (χ0v) is 22.0.